The maximum absolute atomic E-state index is 11.5. The first-order valence-corrected chi connectivity index (χ1v) is 5.97. The molecule has 1 aromatic heterocycles. The molecule has 1 unspecified atom stereocenters. The first-order chi connectivity index (χ1) is 7.69. The van der Waals surface area contributed by atoms with Crippen LogP contribution in [-0.2, 0) is 6.54 Å². The van der Waals surface area contributed by atoms with E-state index in [2.05, 4.69) is 18.8 Å². The molecule has 0 aliphatic heterocycles. The van der Waals surface area contributed by atoms with E-state index in [-0.39, 0.29) is 11.2 Å². The molecule has 1 N–H and O–H groups in total. The van der Waals surface area contributed by atoms with Gasteiger partial charge in [0.05, 0.1) is 0 Å². The summed E-state index contributed by atoms with van der Waals surface area (Å²) in [5, 5.41) is 0. The highest BCUT2D eigenvalue weighted by Crippen LogP contribution is 2.13. The van der Waals surface area contributed by atoms with Crippen molar-refractivity contribution in [1.82, 2.24) is 9.55 Å². The number of hydrogen-bond acceptors (Lipinski definition) is 2. The second kappa shape index (κ2) is 6.30. The summed E-state index contributed by atoms with van der Waals surface area (Å²) < 4.78 is 1.30. The fraction of sp³-hybridized carbons (Fsp3) is 0.667. The van der Waals surface area contributed by atoms with Crippen LogP contribution in [0.1, 0.15) is 39.5 Å². The first-order valence-electron chi connectivity index (χ1n) is 5.97. The van der Waals surface area contributed by atoms with Crippen LogP contribution in [0.4, 0.5) is 0 Å². The van der Waals surface area contributed by atoms with Crippen LogP contribution >= 0.6 is 0 Å². The van der Waals surface area contributed by atoms with E-state index in [0.29, 0.717) is 12.5 Å². The van der Waals surface area contributed by atoms with Crippen LogP contribution in [0, 0.1) is 5.92 Å². The second-order valence-electron chi connectivity index (χ2n) is 4.15. The Kier molecular flexibility index (Phi) is 5.02. The molecular formula is C12H20N2O2. The van der Waals surface area contributed by atoms with Gasteiger partial charge in [0.15, 0.2) is 0 Å². The van der Waals surface area contributed by atoms with Crippen LogP contribution in [0.3, 0.4) is 0 Å². The molecule has 0 saturated carbocycles. The van der Waals surface area contributed by atoms with Crippen molar-refractivity contribution in [2.24, 2.45) is 5.92 Å². The molecule has 4 nitrogen and oxygen atoms in total. The first kappa shape index (κ1) is 12.7. The predicted molar refractivity (Wildman–Crippen MR) is 64.6 cm³/mol. The lowest BCUT2D eigenvalue weighted by Gasteiger charge is -2.14. The number of H-pyrrole nitrogens is 1. The lowest BCUT2D eigenvalue weighted by molar-refractivity contribution is 0.377. The van der Waals surface area contributed by atoms with E-state index < -0.39 is 0 Å². The highest BCUT2D eigenvalue weighted by Gasteiger charge is 2.09. The van der Waals surface area contributed by atoms with Gasteiger partial charge in [-0.3, -0.25) is 9.36 Å². The summed E-state index contributed by atoms with van der Waals surface area (Å²) in [4.78, 5) is 25.5. The zero-order valence-corrected chi connectivity index (χ0v) is 10.0. The molecular weight excluding hydrogens is 204 g/mol. The van der Waals surface area contributed by atoms with Crippen LogP contribution in [0.15, 0.2) is 21.9 Å². The average Bonchev–Trinajstić information content (AvgIpc) is 2.28. The summed E-state index contributed by atoms with van der Waals surface area (Å²) in [6.07, 6.45) is 5.78. The Balaban J connectivity index is 2.78. The molecule has 1 heterocycles. The fourth-order valence-electron chi connectivity index (χ4n) is 1.80. The molecule has 16 heavy (non-hydrogen) atoms. The minimum atomic E-state index is -0.303. The topological polar surface area (TPSA) is 54.9 Å². The third-order valence-corrected chi connectivity index (χ3v) is 2.93. The second-order valence-corrected chi connectivity index (χ2v) is 4.15. The SMILES string of the molecule is CCCCC(CC)Cn1c(=O)cc[nH]c1=O. The van der Waals surface area contributed by atoms with E-state index in [1.807, 2.05) is 0 Å². The summed E-state index contributed by atoms with van der Waals surface area (Å²) in [6, 6.07) is 1.40. The van der Waals surface area contributed by atoms with Gasteiger partial charge in [0.1, 0.15) is 0 Å². The molecule has 0 aliphatic carbocycles. The Morgan fingerprint density at radius 3 is 2.69 bits per heavy atom. The normalized spacial score (nSPS) is 12.6. The number of rotatable bonds is 6. The van der Waals surface area contributed by atoms with Gasteiger partial charge in [-0.15, -0.1) is 0 Å². The highest BCUT2D eigenvalue weighted by molar-refractivity contribution is 4.83. The molecule has 1 aromatic rings. The molecule has 4 heteroatoms. The zero-order chi connectivity index (χ0) is 12.0. The van der Waals surface area contributed by atoms with Gasteiger partial charge < -0.3 is 4.98 Å². The maximum atomic E-state index is 11.5. The third-order valence-electron chi connectivity index (χ3n) is 2.93. The molecule has 90 valence electrons. The van der Waals surface area contributed by atoms with Gasteiger partial charge in [0.2, 0.25) is 0 Å². The van der Waals surface area contributed by atoms with E-state index in [1.165, 1.54) is 16.8 Å². The van der Waals surface area contributed by atoms with Gasteiger partial charge in [-0.2, -0.15) is 0 Å². The number of aromatic nitrogens is 2. The molecule has 0 saturated heterocycles. The van der Waals surface area contributed by atoms with E-state index in [4.69, 9.17) is 0 Å². The zero-order valence-electron chi connectivity index (χ0n) is 10.0. The van der Waals surface area contributed by atoms with Crippen LogP contribution in [0.25, 0.3) is 0 Å². The van der Waals surface area contributed by atoms with E-state index in [9.17, 15) is 9.59 Å². The van der Waals surface area contributed by atoms with Crippen molar-refractivity contribution in [3.8, 4) is 0 Å². The summed E-state index contributed by atoms with van der Waals surface area (Å²) in [7, 11) is 0. The highest BCUT2D eigenvalue weighted by atomic mass is 16.2. The molecule has 1 rings (SSSR count). The maximum Gasteiger partial charge on any atom is 0.328 e. The average molecular weight is 224 g/mol. The Bertz CT molecular complexity index is 391. The quantitative estimate of drug-likeness (QED) is 0.800. The predicted octanol–water partition coefficient (Wildman–Crippen LogP) is 1.75. The molecule has 0 amide bonds. The molecule has 0 fully saturated rings. The van der Waals surface area contributed by atoms with Gasteiger partial charge in [-0.1, -0.05) is 33.1 Å². The molecule has 0 aromatic carbocycles. The number of aromatic amines is 1. The van der Waals surface area contributed by atoms with Crippen molar-refractivity contribution in [1.29, 1.82) is 0 Å². The lowest BCUT2D eigenvalue weighted by atomic mass is 9.99. The van der Waals surface area contributed by atoms with Crippen molar-refractivity contribution in [3.05, 3.63) is 33.1 Å². The Hall–Kier alpha value is -1.32. The van der Waals surface area contributed by atoms with E-state index in [0.717, 1.165) is 25.7 Å². The largest absolute Gasteiger partial charge is 0.328 e. The third kappa shape index (κ3) is 3.36. The van der Waals surface area contributed by atoms with Crippen molar-refractivity contribution in [3.63, 3.8) is 0 Å². The van der Waals surface area contributed by atoms with Gasteiger partial charge in [-0.25, -0.2) is 4.79 Å². The number of hydrogen-bond donors (Lipinski definition) is 1. The van der Waals surface area contributed by atoms with Crippen molar-refractivity contribution in [2.75, 3.05) is 0 Å². The number of nitrogens with zero attached hydrogens (tertiary/aromatic N) is 1. The number of unbranched alkanes of at least 4 members (excludes halogenated alkanes) is 1. The standard InChI is InChI=1S/C12H20N2O2/c1-3-5-6-10(4-2)9-14-11(15)7-8-13-12(14)16/h7-8,10H,3-6,9H2,1-2H3,(H,13,16). The van der Waals surface area contributed by atoms with Crippen LogP contribution in [0.5, 0.6) is 0 Å². The molecule has 0 spiro atoms. The van der Waals surface area contributed by atoms with E-state index >= 15 is 0 Å². The van der Waals surface area contributed by atoms with Crippen LogP contribution < -0.4 is 11.2 Å². The monoisotopic (exact) mass is 224 g/mol. The van der Waals surface area contributed by atoms with Crippen LogP contribution in [0.2, 0.25) is 0 Å². The van der Waals surface area contributed by atoms with Crippen molar-refractivity contribution in [2.45, 2.75) is 46.1 Å². The minimum absolute atomic E-state index is 0.210. The summed E-state index contributed by atoms with van der Waals surface area (Å²) >= 11 is 0. The molecule has 0 bridgehead atoms. The minimum Gasteiger partial charge on any atom is -0.314 e. The molecule has 0 radical (unpaired) electrons. The summed E-state index contributed by atoms with van der Waals surface area (Å²) in [6.45, 7) is 4.78. The van der Waals surface area contributed by atoms with Gasteiger partial charge >= 0.3 is 5.69 Å². The van der Waals surface area contributed by atoms with Crippen LogP contribution in [-0.4, -0.2) is 9.55 Å². The van der Waals surface area contributed by atoms with Gasteiger partial charge in [0, 0.05) is 18.8 Å². The van der Waals surface area contributed by atoms with Gasteiger partial charge in [0.25, 0.3) is 5.56 Å². The number of nitrogens with one attached hydrogen (secondary N) is 1. The lowest BCUT2D eigenvalue weighted by Crippen LogP contribution is -2.36. The summed E-state index contributed by atoms with van der Waals surface area (Å²) in [5.74, 6) is 0.418. The Morgan fingerprint density at radius 2 is 2.12 bits per heavy atom. The van der Waals surface area contributed by atoms with Crippen molar-refractivity contribution >= 4 is 0 Å². The van der Waals surface area contributed by atoms with Gasteiger partial charge in [-0.05, 0) is 12.3 Å². The van der Waals surface area contributed by atoms with E-state index in [1.54, 1.807) is 0 Å². The Morgan fingerprint density at radius 1 is 1.38 bits per heavy atom. The smallest absolute Gasteiger partial charge is 0.314 e. The fourth-order valence-corrected chi connectivity index (χ4v) is 1.80. The Labute approximate surface area is 95.3 Å². The van der Waals surface area contributed by atoms with Crippen molar-refractivity contribution < 1.29 is 0 Å². The summed E-state index contributed by atoms with van der Waals surface area (Å²) in [5.41, 5.74) is -0.513. The molecule has 1 atom stereocenters. The molecule has 0 aliphatic rings.